The van der Waals surface area contributed by atoms with Crippen LogP contribution in [0.5, 0.6) is 0 Å². The molecule has 3 rings (SSSR count). The van der Waals surface area contributed by atoms with E-state index < -0.39 is 0 Å². The molecule has 3 amide bonds. The number of imide groups is 1. The van der Waals surface area contributed by atoms with E-state index in [0.29, 0.717) is 13.1 Å². The maximum absolute atomic E-state index is 11.5. The van der Waals surface area contributed by atoms with E-state index in [4.69, 9.17) is 0 Å². The van der Waals surface area contributed by atoms with E-state index >= 15 is 0 Å². The molecular weight excluding hydrogens is 421 g/mol. The zero-order valence-electron chi connectivity index (χ0n) is 13.6. The molecule has 2 aliphatic rings. The number of hydrogen-bond donors (Lipinski definition) is 2. The van der Waals surface area contributed by atoms with E-state index in [1.165, 1.54) is 16.0 Å². The Kier molecular flexibility index (Phi) is 6.41. The van der Waals surface area contributed by atoms with Crippen molar-refractivity contribution >= 4 is 41.9 Å². The minimum absolute atomic E-state index is 0. The fourth-order valence-corrected chi connectivity index (χ4v) is 2.97. The summed E-state index contributed by atoms with van der Waals surface area (Å²) in [5, 5.41) is 5.75. The van der Waals surface area contributed by atoms with E-state index in [1.807, 2.05) is 0 Å². The zero-order valence-corrected chi connectivity index (χ0v) is 15.9. The fourth-order valence-electron chi connectivity index (χ4n) is 2.97. The van der Waals surface area contributed by atoms with Gasteiger partial charge in [0.25, 0.3) is 0 Å². The number of hydrogen-bond acceptors (Lipinski definition) is 3. The number of nitrogens with zero attached hydrogens (tertiary/aromatic N) is 3. The number of halogens is 1. The number of guanidine groups is 1. The Morgan fingerprint density at radius 3 is 2.71 bits per heavy atom. The summed E-state index contributed by atoms with van der Waals surface area (Å²) in [6.45, 7) is 2.65. The molecule has 0 aromatic heterocycles. The van der Waals surface area contributed by atoms with Gasteiger partial charge in [0, 0.05) is 33.2 Å². The third kappa shape index (κ3) is 3.97. The largest absolute Gasteiger partial charge is 0.354 e. The predicted molar refractivity (Wildman–Crippen MR) is 102 cm³/mol. The van der Waals surface area contributed by atoms with Crippen molar-refractivity contribution in [3.8, 4) is 0 Å². The molecule has 1 fully saturated rings. The number of benzene rings is 1. The van der Waals surface area contributed by atoms with Crippen molar-refractivity contribution in [3.05, 3.63) is 35.4 Å². The molecule has 2 heterocycles. The highest BCUT2D eigenvalue weighted by Crippen LogP contribution is 2.18. The summed E-state index contributed by atoms with van der Waals surface area (Å²) in [7, 11) is 1.75. The molecule has 24 heavy (non-hydrogen) atoms. The van der Waals surface area contributed by atoms with Gasteiger partial charge in [-0.2, -0.15) is 0 Å². The van der Waals surface area contributed by atoms with Gasteiger partial charge in [-0.05, 0) is 17.5 Å². The first-order valence-electron chi connectivity index (χ1n) is 7.79. The molecule has 0 radical (unpaired) electrons. The first-order chi connectivity index (χ1) is 11.2. The quantitative estimate of drug-likeness (QED) is 0.314. The average Bonchev–Trinajstić information content (AvgIpc) is 2.90. The second kappa shape index (κ2) is 8.32. The van der Waals surface area contributed by atoms with Gasteiger partial charge in [0.15, 0.2) is 5.96 Å². The van der Waals surface area contributed by atoms with Gasteiger partial charge in [-0.15, -0.1) is 24.0 Å². The van der Waals surface area contributed by atoms with Crippen LogP contribution in [0.2, 0.25) is 0 Å². The number of carbonyl (C=O) groups excluding carboxylic acids is 2. The first-order valence-corrected chi connectivity index (χ1v) is 7.79. The molecule has 130 valence electrons. The second-order valence-electron chi connectivity index (χ2n) is 5.62. The third-order valence-electron chi connectivity index (χ3n) is 4.20. The van der Waals surface area contributed by atoms with Crippen LogP contribution in [-0.2, 0) is 17.8 Å². The van der Waals surface area contributed by atoms with Crippen LogP contribution >= 0.6 is 24.0 Å². The monoisotopic (exact) mass is 443 g/mol. The van der Waals surface area contributed by atoms with E-state index in [2.05, 4.69) is 44.8 Å². The van der Waals surface area contributed by atoms with Gasteiger partial charge >= 0.3 is 6.03 Å². The van der Waals surface area contributed by atoms with Gasteiger partial charge < -0.3 is 15.5 Å². The molecule has 0 bridgehead atoms. The Bertz CT molecular complexity index is 633. The van der Waals surface area contributed by atoms with Crippen molar-refractivity contribution in [2.24, 2.45) is 4.99 Å². The molecule has 0 spiro atoms. The van der Waals surface area contributed by atoms with Crippen molar-refractivity contribution in [1.82, 2.24) is 20.4 Å². The van der Waals surface area contributed by atoms with Crippen molar-refractivity contribution < 1.29 is 9.59 Å². The average molecular weight is 443 g/mol. The third-order valence-corrected chi connectivity index (χ3v) is 4.20. The van der Waals surface area contributed by atoms with Crippen molar-refractivity contribution in [2.45, 2.75) is 13.0 Å². The SMILES string of the molecule is CN=C(NCCN1C(=O)CNC1=O)N1CCc2ccccc2C1.I. The number of aliphatic imine (C=N–C) groups is 1. The minimum Gasteiger partial charge on any atom is -0.354 e. The number of rotatable bonds is 3. The van der Waals surface area contributed by atoms with E-state index in [1.54, 1.807) is 7.05 Å². The smallest absolute Gasteiger partial charge is 0.324 e. The minimum atomic E-state index is -0.321. The summed E-state index contributed by atoms with van der Waals surface area (Å²) in [6, 6.07) is 8.11. The summed E-state index contributed by atoms with van der Waals surface area (Å²) >= 11 is 0. The number of amides is 3. The summed E-state index contributed by atoms with van der Waals surface area (Å²) in [4.78, 5) is 30.8. The topological polar surface area (TPSA) is 77.0 Å². The lowest BCUT2D eigenvalue weighted by molar-refractivity contribution is -0.124. The number of carbonyl (C=O) groups is 2. The van der Waals surface area contributed by atoms with Gasteiger partial charge in [-0.3, -0.25) is 14.7 Å². The van der Waals surface area contributed by atoms with Crippen LogP contribution in [0.3, 0.4) is 0 Å². The zero-order chi connectivity index (χ0) is 16.2. The van der Waals surface area contributed by atoms with Crippen LogP contribution < -0.4 is 10.6 Å². The van der Waals surface area contributed by atoms with Gasteiger partial charge in [0.2, 0.25) is 5.91 Å². The second-order valence-corrected chi connectivity index (χ2v) is 5.62. The number of urea groups is 1. The normalized spacial score (nSPS) is 17.3. The highest BCUT2D eigenvalue weighted by atomic mass is 127. The molecule has 8 heteroatoms. The predicted octanol–water partition coefficient (Wildman–Crippen LogP) is 0.790. The maximum Gasteiger partial charge on any atom is 0.324 e. The van der Waals surface area contributed by atoms with Crippen LogP contribution in [0.25, 0.3) is 0 Å². The van der Waals surface area contributed by atoms with E-state index in [-0.39, 0.29) is 42.5 Å². The van der Waals surface area contributed by atoms with Gasteiger partial charge in [-0.1, -0.05) is 24.3 Å². The molecule has 0 unspecified atom stereocenters. The molecule has 0 saturated carbocycles. The summed E-state index contributed by atoms with van der Waals surface area (Å²) < 4.78 is 0. The van der Waals surface area contributed by atoms with Gasteiger partial charge in [-0.25, -0.2) is 4.79 Å². The molecule has 1 saturated heterocycles. The standard InChI is InChI=1S/C16H21N5O2.HI/c1-17-15(18-7-9-21-14(22)10-19-16(21)23)20-8-6-12-4-2-3-5-13(12)11-20;/h2-5H,6-11H2,1H3,(H,17,18)(H,19,23);1H. The fraction of sp³-hybridized carbons (Fsp3) is 0.438. The molecule has 7 nitrogen and oxygen atoms in total. The molecule has 0 atom stereocenters. The molecule has 0 aliphatic carbocycles. The summed E-state index contributed by atoms with van der Waals surface area (Å²) in [5.74, 6) is 0.616. The first kappa shape index (κ1) is 18.5. The lowest BCUT2D eigenvalue weighted by Crippen LogP contribution is -2.46. The van der Waals surface area contributed by atoms with E-state index in [0.717, 1.165) is 25.5 Å². The lowest BCUT2D eigenvalue weighted by atomic mass is 10.0. The van der Waals surface area contributed by atoms with E-state index in [9.17, 15) is 9.59 Å². The molecule has 2 aliphatic heterocycles. The molecular formula is C16H22IN5O2. The van der Waals surface area contributed by atoms with Gasteiger partial charge in [0.1, 0.15) is 0 Å². The lowest BCUT2D eigenvalue weighted by Gasteiger charge is -2.31. The molecule has 2 N–H and O–H groups in total. The van der Waals surface area contributed by atoms with Crippen molar-refractivity contribution in [2.75, 3.05) is 33.2 Å². The Labute approximate surface area is 158 Å². The Hall–Kier alpha value is -1.84. The van der Waals surface area contributed by atoms with Crippen LogP contribution in [0.1, 0.15) is 11.1 Å². The van der Waals surface area contributed by atoms with Crippen molar-refractivity contribution in [1.29, 1.82) is 0 Å². The Morgan fingerprint density at radius 1 is 1.29 bits per heavy atom. The molecule has 1 aromatic carbocycles. The maximum atomic E-state index is 11.5. The molecule has 1 aromatic rings. The van der Waals surface area contributed by atoms with Crippen LogP contribution in [-0.4, -0.2) is 60.9 Å². The summed E-state index contributed by atoms with van der Waals surface area (Å²) in [6.07, 6.45) is 0.990. The van der Waals surface area contributed by atoms with Crippen LogP contribution in [0, 0.1) is 0 Å². The highest BCUT2D eigenvalue weighted by molar-refractivity contribution is 14.0. The highest BCUT2D eigenvalue weighted by Gasteiger charge is 2.28. The Morgan fingerprint density at radius 2 is 2.04 bits per heavy atom. The number of fused-ring (bicyclic) bond motifs is 1. The van der Waals surface area contributed by atoms with Crippen LogP contribution in [0.4, 0.5) is 4.79 Å². The number of nitrogens with one attached hydrogen (secondary N) is 2. The van der Waals surface area contributed by atoms with Crippen molar-refractivity contribution in [3.63, 3.8) is 0 Å². The van der Waals surface area contributed by atoms with Gasteiger partial charge in [0.05, 0.1) is 6.54 Å². The van der Waals surface area contributed by atoms with Crippen LogP contribution in [0.15, 0.2) is 29.3 Å². The Balaban J connectivity index is 0.00000208. The summed E-state index contributed by atoms with van der Waals surface area (Å²) in [5.41, 5.74) is 2.70.